The van der Waals surface area contributed by atoms with Crippen LogP contribution in [0.2, 0.25) is 0 Å². The van der Waals surface area contributed by atoms with E-state index in [4.69, 9.17) is 9.47 Å². The number of nitro groups is 1. The Bertz CT molecular complexity index is 453. The smallest absolute Gasteiger partial charge is 0.408 e. The van der Waals surface area contributed by atoms with E-state index in [0.717, 1.165) is 6.42 Å². The van der Waals surface area contributed by atoms with Crippen molar-refractivity contribution in [3.05, 3.63) is 10.1 Å². The third-order valence-electron chi connectivity index (χ3n) is 3.86. The summed E-state index contributed by atoms with van der Waals surface area (Å²) in [5.74, 6) is -1.10. The lowest BCUT2D eigenvalue weighted by atomic mass is 9.67. The highest BCUT2D eigenvalue weighted by Crippen LogP contribution is 2.40. The van der Waals surface area contributed by atoms with Crippen molar-refractivity contribution in [1.82, 2.24) is 5.32 Å². The molecule has 1 fully saturated rings. The Balaban J connectivity index is 2.83. The lowest BCUT2D eigenvalue weighted by Gasteiger charge is -2.46. The van der Waals surface area contributed by atoms with Crippen LogP contribution in [0, 0.1) is 16.0 Å². The molecule has 132 valence electrons. The van der Waals surface area contributed by atoms with E-state index in [-0.39, 0.29) is 13.0 Å². The van der Waals surface area contributed by atoms with Crippen LogP contribution in [-0.2, 0) is 14.3 Å². The number of amides is 1. The summed E-state index contributed by atoms with van der Waals surface area (Å²) >= 11 is 0. The Morgan fingerprint density at radius 2 is 1.96 bits per heavy atom. The molecule has 0 saturated heterocycles. The second-order valence-electron chi connectivity index (χ2n) is 6.86. The standard InChI is InChI=1S/C15H26N2O6/c1-5-22-12(18)9-11(10-17(20)21)15(7-6-8-15)16-13(19)23-14(2,3)4/h11H,5-10H2,1-4H3,(H,16,19)/t11-/m0/s1. The lowest BCUT2D eigenvalue weighted by molar-refractivity contribution is -0.491. The number of nitrogens with zero attached hydrogens (tertiary/aromatic N) is 1. The minimum absolute atomic E-state index is 0.0926. The number of carbonyl (C=O) groups excluding carboxylic acids is 2. The van der Waals surface area contributed by atoms with Gasteiger partial charge in [-0.1, -0.05) is 0 Å². The summed E-state index contributed by atoms with van der Waals surface area (Å²) in [7, 11) is 0. The Kier molecular flexibility index (Phi) is 6.35. The van der Waals surface area contributed by atoms with Crippen molar-refractivity contribution in [2.24, 2.45) is 5.92 Å². The van der Waals surface area contributed by atoms with Gasteiger partial charge in [-0.25, -0.2) is 4.79 Å². The second kappa shape index (κ2) is 7.61. The molecule has 23 heavy (non-hydrogen) atoms. The maximum absolute atomic E-state index is 12.0. The van der Waals surface area contributed by atoms with Crippen LogP contribution in [0.25, 0.3) is 0 Å². The zero-order valence-corrected chi connectivity index (χ0v) is 14.2. The lowest BCUT2D eigenvalue weighted by Crippen LogP contribution is -2.61. The largest absolute Gasteiger partial charge is 0.466 e. The first-order valence-electron chi connectivity index (χ1n) is 7.86. The van der Waals surface area contributed by atoms with E-state index in [0.29, 0.717) is 12.8 Å². The monoisotopic (exact) mass is 330 g/mol. The van der Waals surface area contributed by atoms with Crippen molar-refractivity contribution in [2.45, 2.75) is 64.5 Å². The summed E-state index contributed by atoms with van der Waals surface area (Å²) in [6, 6.07) is 0. The number of rotatable bonds is 7. The van der Waals surface area contributed by atoms with E-state index in [1.54, 1.807) is 27.7 Å². The normalized spacial score (nSPS) is 17.6. The number of hydrogen-bond acceptors (Lipinski definition) is 6. The summed E-state index contributed by atoms with van der Waals surface area (Å²) in [5.41, 5.74) is -1.43. The topological polar surface area (TPSA) is 108 Å². The molecule has 1 atom stereocenters. The molecule has 1 N–H and O–H groups in total. The Hall–Kier alpha value is -1.86. The molecule has 1 rings (SSSR count). The molecule has 0 heterocycles. The zero-order chi connectivity index (χ0) is 17.7. The predicted octanol–water partition coefficient (Wildman–Crippen LogP) is 2.28. The van der Waals surface area contributed by atoms with Crippen molar-refractivity contribution in [2.75, 3.05) is 13.2 Å². The van der Waals surface area contributed by atoms with Gasteiger partial charge >= 0.3 is 12.1 Å². The van der Waals surface area contributed by atoms with Gasteiger partial charge in [0.25, 0.3) is 0 Å². The van der Waals surface area contributed by atoms with E-state index in [2.05, 4.69) is 5.32 Å². The van der Waals surface area contributed by atoms with Gasteiger partial charge in [-0.15, -0.1) is 0 Å². The maximum atomic E-state index is 12.0. The van der Waals surface area contributed by atoms with Crippen molar-refractivity contribution in [3.8, 4) is 0 Å². The van der Waals surface area contributed by atoms with Crippen molar-refractivity contribution < 1.29 is 24.0 Å². The van der Waals surface area contributed by atoms with Gasteiger partial charge in [0, 0.05) is 4.92 Å². The molecule has 0 aromatic rings. The fourth-order valence-electron chi connectivity index (χ4n) is 2.74. The van der Waals surface area contributed by atoms with Gasteiger partial charge in [-0.2, -0.15) is 0 Å². The minimum atomic E-state index is -0.776. The van der Waals surface area contributed by atoms with Crippen molar-refractivity contribution in [3.63, 3.8) is 0 Å². The van der Waals surface area contributed by atoms with Crippen LogP contribution in [0.1, 0.15) is 53.4 Å². The van der Waals surface area contributed by atoms with E-state index in [1.807, 2.05) is 0 Å². The molecule has 0 radical (unpaired) electrons. The van der Waals surface area contributed by atoms with E-state index in [9.17, 15) is 19.7 Å². The van der Waals surface area contributed by atoms with Crippen molar-refractivity contribution in [1.29, 1.82) is 0 Å². The summed E-state index contributed by atoms with van der Waals surface area (Å²) < 4.78 is 10.1. The number of hydrogen-bond donors (Lipinski definition) is 1. The molecule has 8 nitrogen and oxygen atoms in total. The fraction of sp³-hybridized carbons (Fsp3) is 0.867. The molecule has 0 aliphatic heterocycles. The predicted molar refractivity (Wildman–Crippen MR) is 82.6 cm³/mol. The average Bonchev–Trinajstić information content (AvgIpc) is 2.30. The number of ether oxygens (including phenoxy) is 2. The van der Waals surface area contributed by atoms with Gasteiger partial charge in [-0.3, -0.25) is 14.9 Å². The van der Waals surface area contributed by atoms with Gasteiger partial charge in [0.05, 0.1) is 24.5 Å². The number of alkyl carbamates (subject to hydrolysis) is 1. The van der Waals surface area contributed by atoms with Crippen LogP contribution in [0.4, 0.5) is 4.79 Å². The molecule has 0 spiro atoms. The maximum Gasteiger partial charge on any atom is 0.408 e. The Labute approximate surface area is 136 Å². The highest BCUT2D eigenvalue weighted by molar-refractivity contribution is 5.71. The molecule has 1 aliphatic carbocycles. The highest BCUT2D eigenvalue weighted by atomic mass is 16.6. The molecule has 0 aromatic heterocycles. The average molecular weight is 330 g/mol. The molecular formula is C15H26N2O6. The SMILES string of the molecule is CCOC(=O)C[C@@H](C[N+](=O)[O-])C1(NC(=O)OC(C)(C)C)CCC1. The van der Waals surface area contributed by atoms with E-state index in [1.165, 1.54) is 0 Å². The summed E-state index contributed by atoms with van der Waals surface area (Å²) in [5, 5.41) is 13.7. The molecule has 0 aromatic carbocycles. The van der Waals surface area contributed by atoms with Crippen LogP contribution in [0.5, 0.6) is 0 Å². The molecule has 1 saturated carbocycles. The van der Waals surface area contributed by atoms with Crippen LogP contribution in [0.3, 0.4) is 0 Å². The molecule has 8 heteroatoms. The number of esters is 1. The molecule has 1 amide bonds. The molecule has 0 bridgehead atoms. The van der Waals surface area contributed by atoms with Crippen LogP contribution >= 0.6 is 0 Å². The fourth-order valence-corrected chi connectivity index (χ4v) is 2.74. The van der Waals surface area contributed by atoms with Gasteiger partial charge in [0.15, 0.2) is 0 Å². The third-order valence-corrected chi connectivity index (χ3v) is 3.86. The van der Waals surface area contributed by atoms with Crippen LogP contribution < -0.4 is 5.32 Å². The van der Waals surface area contributed by atoms with Crippen molar-refractivity contribution >= 4 is 12.1 Å². The zero-order valence-electron chi connectivity index (χ0n) is 14.2. The first-order chi connectivity index (χ1) is 10.6. The Morgan fingerprint density at radius 1 is 1.35 bits per heavy atom. The molecule has 0 unspecified atom stereocenters. The van der Waals surface area contributed by atoms with Gasteiger partial charge in [0.2, 0.25) is 6.54 Å². The quantitative estimate of drug-likeness (QED) is 0.436. The highest BCUT2D eigenvalue weighted by Gasteiger charge is 2.49. The summed E-state index contributed by atoms with van der Waals surface area (Å²) in [6.45, 7) is 6.73. The first-order valence-corrected chi connectivity index (χ1v) is 7.86. The first kappa shape index (κ1) is 19.2. The Morgan fingerprint density at radius 3 is 2.35 bits per heavy atom. The van der Waals surface area contributed by atoms with Crippen LogP contribution in [0.15, 0.2) is 0 Å². The number of nitrogens with one attached hydrogen (secondary N) is 1. The minimum Gasteiger partial charge on any atom is -0.466 e. The van der Waals surface area contributed by atoms with E-state index >= 15 is 0 Å². The van der Waals surface area contributed by atoms with Gasteiger partial charge in [0.1, 0.15) is 5.60 Å². The van der Waals surface area contributed by atoms with Crippen LogP contribution in [-0.4, -0.2) is 41.3 Å². The molecule has 1 aliphatic rings. The third kappa shape index (κ3) is 6.03. The summed E-state index contributed by atoms with van der Waals surface area (Å²) in [4.78, 5) is 34.3. The molecular weight excluding hydrogens is 304 g/mol. The van der Waals surface area contributed by atoms with Gasteiger partial charge < -0.3 is 14.8 Å². The summed E-state index contributed by atoms with van der Waals surface area (Å²) in [6.07, 6.45) is 1.31. The second-order valence-corrected chi connectivity index (χ2v) is 6.86. The van der Waals surface area contributed by atoms with E-state index < -0.39 is 40.6 Å². The number of carbonyl (C=O) groups is 2. The van der Waals surface area contributed by atoms with Gasteiger partial charge in [-0.05, 0) is 47.0 Å².